The first-order chi connectivity index (χ1) is 5.50. The van der Waals surface area contributed by atoms with Gasteiger partial charge in [-0.1, -0.05) is 0 Å². The first-order valence-electron chi connectivity index (χ1n) is 3.16. The summed E-state index contributed by atoms with van der Waals surface area (Å²) in [4.78, 5) is 30.5. The third-order valence-electron chi connectivity index (χ3n) is 1.40. The van der Waals surface area contributed by atoms with Crippen molar-refractivity contribution in [2.24, 2.45) is 5.92 Å². The molecule has 0 aromatic carbocycles. The minimum atomic E-state index is -1.38. The average Bonchev–Trinajstić information content (AvgIpc) is 1.98. The van der Waals surface area contributed by atoms with Crippen LogP contribution in [-0.2, 0) is 14.4 Å². The number of nitrogens with one attached hydrogen (secondary N) is 1. The number of carbonyl (C=O) groups is 3. The number of hydrogen-bond donors (Lipinski definition) is 3. The molecule has 0 bridgehead atoms. The van der Waals surface area contributed by atoms with Crippen LogP contribution in [0.1, 0.15) is 6.92 Å². The predicted molar refractivity (Wildman–Crippen MR) is 37.4 cm³/mol. The van der Waals surface area contributed by atoms with Gasteiger partial charge in [0.15, 0.2) is 0 Å². The number of rotatable bonds is 5. The molecular weight excluding hydrogens is 166 g/mol. The molecule has 0 saturated carbocycles. The molecular formula is C6H9NO5. The highest BCUT2D eigenvalue weighted by atomic mass is 16.4. The highest BCUT2D eigenvalue weighted by Gasteiger charge is 2.29. The highest BCUT2D eigenvalue weighted by Crippen LogP contribution is 2.02. The number of carboxylic acid groups (broad SMARTS) is 2. The second-order valence-corrected chi connectivity index (χ2v) is 2.23. The van der Waals surface area contributed by atoms with E-state index in [2.05, 4.69) is 0 Å². The van der Waals surface area contributed by atoms with Gasteiger partial charge < -0.3 is 15.5 Å². The minimum Gasteiger partial charge on any atom is -0.481 e. The second-order valence-electron chi connectivity index (χ2n) is 2.23. The van der Waals surface area contributed by atoms with Gasteiger partial charge in [0, 0.05) is 0 Å². The molecule has 2 atom stereocenters. The zero-order valence-electron chi connectivity index (χ0n) is 6.35. The van der Waals surface area contributed by atoms with Crippen LogP contribution < -0.4 is 5.32 Å². The summed E-state index contributed by atoms with van der Waals surface area (Å²) in [6.07, 6.45) is 0.165. The SMILES string of the molecule is CC(C(=O)O)C(NC=O)C(=O)O. The molecule has 0 aliphatic rings. The lowest BCUT2D eigenvalue weighted by atomic mass is 10.0. The van der Waals surface area contributed by atoms with Crippen LogP contribution in [0.25, 0.3) is 0 Å². The topological polar surface area (TPSA) is 104 Å². The number of hydrogen-bond acceptors (Lipinski definition) is 3. The molecule has 2 unspecified atom stereocenters. The summed E-state index contributed by atoms with van der Waals surface area (Å²) in [6, 6.07) is -1.38. The lowest BCUT2D eigenvalue weighted by Crippen LogP contribution is -2.44. The number of carbonyl (C=O) groups excluding carboxylic acids is 1. The Kier molecular flexibility index (Phi) is 3.75. The fourth-order valence-corrected chi connectivity index (χ4v) is 0.645. The van der Waals surface area contributed by atoms with Gasteiger partial charge in [0.05, 0.1) is 5.92 Å². The highest BCUT2D eigenvalue weighted by molar-refractivity contribution is 5.84. The number of amides is 1. The molecule has 6 heteroatoms. The van der Waals surface area contributed by atoms with Gasteiger partial charge in [0.2, 0.25) is 6.41 Å². The van der Waals surface area contributed by atoms with Gasteiger partial charge in [-0.05, 0) is 6.92 Å². The van der Waals surface area contributed by atoms with Gasteiger partial charge in [-0.2, -0.15) is 0 Å². The van der Waals surface area contributed by atoms with Gasteiger partial charge in [-0.3, -0.25) is 9.59 Å². The monoisotopic (exact) mass is 175 g/mol. The lowest BCUT2D eigenvalue weighted by molar-refractivity contribution is -0.150. The van der Waals surface area contributed by atoms with Crippen molar-refractivity contribution in [1.29, 1.82) is 0 Å². The molecule has 0 aromatic heterocycles. The van der Waals surface area contributed by atoms with Gasteiger partial charge in [0.1, 0.15) is 6.04 Å². The summed E-state index contributed by atoms with van der Waals surface area (Å²) in [5.74, 6) is -3.78. The Balaban J connectivity index is 4.38. The Bertz CT molecular complexity index is 202. The summed E-state index contributed by atoms with van der Waals surface area (Å²) in [5, 5.41) is 18.7. The molecule has 0 spiro atoms. The van der Waals surface area contributed by atoms with Crippen LogP contribution in [-0.4, -0.2) is 34.6 Å². The maximum atomic E-state index is 10.4. The molecule has 3 N–H and O–H groups in total. The number of carboxylic acids is 2. The van der Waals surface area contributed by atoms with Gasteiger partial charge >= 0.3 is 11.9 Å². The average molecular weight is 175 g/mol. The third-order valence-corrected chi connectivity index (χ3v) is 1.40. The van der Waals surface area contributed by atoms with Crippen molar-refractivity contribution in [3.05, 3.63) is 0 Å². The summed E-state index contributed by atoms with van der Waals surface area (Å²) in [5.41, 5.74) is 0. The van der Waals surface area contributed by atoms with E-state index in [4.69, 9.17) is 10.2 Å². The fourth-order valence-electron chi connectivity index (χ4n) is 0.645. The molecule has 68 valence electrons. The largest absolute Gasteiger partial charge is 0.481 e. The fraction of sp³-hybridized carbons (Fsp3) is 0.500. The molecule has 0 fully saturated rings. The molecule has 0 heterocycles. The maximum absolute atomic E-state index is 10.4. The molecule has 0 aliphatic heterocycles. The van der Waals surface area contributed by atoms with E-state index < -0.39 is 23.9 Å². The van der Waals surface area contributed by atoms with Crippen molar-refractivity contribution in [3.63, 3.8) is 0 Å². The zero-order valence-corrected chi connectivity index (χ0v) is 6.35. The molecule has 6 nitrogen and oxygen atoms in total. The normalized spacial score (nSPS) is 14.4. The Morgan fingerprint density at radius 1 is 1.33 bits per heavy atom. The van der Waals surface area contributed by atoms with Crippen LogP contribution in [0.15, 0.2) is 0 Å². The van der Waals surface area contributed by atoms with Crippen LogP contribution in [0, 0.1) is 5.92 Å². The van der Waals surface area contributed by atoms with E-state index in [-0.39, 0.29) is 6.41 Å². The second kappa shape index (κ2) is 4.32. The van der Waals surface area contributed by atoms with Gasteiger partial charge in [-0.15, -0.1) is 0 Å². The van der Waals surface area contributed by atoms with Crippen LogP contribution in [0.2, 0.25) is 0 Å². The van der Waals surface area contributed by atoms with Crippen LogP contribution in [0.4, 0.5) is 0 Å². The summed E-state index contributed by atoms with van der Waals surface area (Å²) >= 11 is 0. The minimum absolute atomic E-state index is 0.165. The lowest BCUT2D eigenvalue weighted by Gasteiger charge is -2.14. The van der Waals surface area contributed by atoms with Gasteiger partial charge in [-0.25, -0.2) is 4.79 Å². The van der Waals surface area contributed by atoms with E-state index in [1.54, 1.807) is 0 Å². The molecule has 12 heavy (non-hydrogen) atoms. The van der Waals surface area contributed by atoms with Crippen molar-refractivity contribution in [3.8, 4) is 0 Å². The van der Waals surface area contributed by atoms with Crippen molar-refractivity contribution in [2.45, 2.75) is 13.0 Å². The summed E-state index contributed by atoms with van der Waals surface area (Å²) in [7, 11) is 0. The van der Waals surface area contributed by atoms with E-state index >= 15 is 0 Å². The third kappa shape index (κ3) is 2.57. The predicted octanol–water partition coefficient (Wildman–Crippen LogP) is -1.09. The summed E-state index contributed by atoms with van der Waals surface area (Å²) in [6.45, 7) is 1.21. The first kappa shape index (κ1) is 10.4. The van der Waals surface area contributed by atoms with Crippen molar-refractivity contribution < 1.29 is 24.6 Å². The summed E-state index contributed by atoms with van der Waals surface area (Å²) < 4.78 is 0. The smallest absolute Gasteiger partial charge is 0.327 e. The maximum Gasteiger partial charge on any atom is 0.327 e. The Morgan fingerprint density at radius 2 is 1.83 bits per heavy atom. The molecule has 0 saturated heterocycles. The quantitative estimate of drug-likeness (QED) is 0.460. The van der Waals surface area contributed by atoms with E-state index in [1.165, 1.54) is 6.92 Å². The van der Waals surface area contributed by atoms with Crippen LogP contribution in [0.3, 0.4) is 0 Å². The van der Waals surface area contributed by atoms with Crippen molar-refractivity contribution in [2.75, 3.05) is 0 Å². The van der Waals surface area contributed by atoms with E-state index in [1.807, 2.05) is 5.32 Å². The van der Waals surface area contributed by atoms with Crippen molar-refractivity contribution in [1.82, 2.24) is 5.32 Å². The van der Waals surface area contributed by atoms with Crippen LogP contribution in [0.5, 0.6) is 0 Å². The van der Waals surface area contributed by atoms with Crippen LogP contribution >= 0.6 is 0 Å². The van der Waals surface area contributed by atoms with E-state index in [9.17, 15) is 14.4 Å². The standard InChI is InChI=1S/C6H9NO5/c1-3(5(9)10)4(6(11)12)7-2-8/h2-4H,1H3,(H,7,8)(H,9,10)(H,11,12). The van der Waals surface area contributed by atoms with E-state index in [0.717, 1.165) is 0 Å². The molecule has 0 radical (unpaired) electrons. The van der Waals surface area contributed by atoms with Gasteiger partial charge in [0.25, 0.3) is 0 Å². The Hall–Kier alpha value is -1.59. The molecule has 0 aromatic rings. The Morgan fingerprint density at radius 3 is 2.08 bits per heavy atom. The molecule has 0 aliphatic carbocycles. The molecule has 1 amide bonds. The number of aliphatic carboxylic acids is 2. The van der Waals surface area contributed by atoms with Crippen molar-refractivity contribution >= 4 is 18.3 Å². The zero-order chi connectivity index (χ0) is 9.72. The molecule has 0 rings (SSSR count). The first-order valence-corrected chi connectivity index (χ1v) is 3.16. The Labute approximate surface area is 68.2 Å². The van der Waals surface area contributed by atoms with E-state index in [0.29, 0.717) is 0 Å².